The van der Waals surface area contributed by atoms with E-state index in [0.29, 0.717) is 38.0 Å². The molecule has 0 aromatic heterocycles. The van der Waals surface area contributed by atoms with Crippen LogP contribution < -0.4 is 9.64 Å². The molecule has 4 unspecified atom stereocenters. The van der Waals surface area contributed by atoms with Gasteiger partial charge in [-0.15, -0.1) is 0 Å². The monoisotopic (exact) mass is 747 g/mol. The van der Waals surface area contributed by atoms with E-state index in [9.17, 15) is 24.3 Å². The van der Waals surface area contributed by atoms with Gasteiger partial charge in [0.25, 0.3) is 0 Å². The Morgan fingerprint density at radius 2 is 1.72 bits per heavy atom. The second kappa shape index (κ2) is 9.69. The molecule has 6 rings (SSSR count). The maximum Gasteiger partial charge on any atom is 0.238 e. The number of methoxy groups -OCH3 is 1. The van der Waals surface area contributed by atoms with Gasteiger partial charge in [0.1, 0.15) is 0 Å². The highest BCUT2D eigenvalue weighted by molar-refractivity contribution is 14.1. The predicted octanol–water partition coefficient (Wildman–Crippen LogP) is 5.24. The number of allylic oxidation sites excluding steroid dienone is 6. The molecule has 0 bridgehead atoms. The van der Waals surface area contributed by atoms with Crippen molar-refractivity contribution < 1.29 is 29.0 Å². The standard InChI is InChI=1S/C30H23I2NO6/c1-13-9-22(34)20-12-19-17(24(26(20)27(13)35)14-10-21(32)28(36)23(11-14)39-2)7-8-18-25(19)30(38)33(29(18)37)16-5-3-15(31)4-6-16/h3-7,9-11,18-19,24-25,36H,8,12H2,1-2H3. The number of fused-ring (bicyclic) bond motifs is 3. The molecule has 4 aliphatic rings. The summed E-state index contributed by atoms with van der Waals surface area (Å²) < 4.78 is 6.95. The first-order valence-electron chi connectivity index (χ1n) is 12.5. The number of aromatic hydroxyl groups is 1. The molecule has 198 valence electrons. The number of Topliss-reactive ketones (excluding diaryl/α,β-unsaturated/α-hetero) is 1. The van der Waals surface area contributed by atoms with E-state index >= 15 is 0 Å². The van der Waals surface area contributed by atoms with Crippen molar-refractivity contribution in [2.45, 2.75) is 25.7 Å². The van der Waals surface area contributed by atoms with E-state index in [0.717, 1.165) is 9.14 Å². The molecule has 0 saturated carbocycles. The number of carbonyl (C=O) groups excluding carboxylic acids is 4. The minimum atomic E-state index is -0.638. The zero-order valence-electron chi connectivity index (χ0n) is 21.0. The topological polar surface area (TPSA) is 101 Å². The zero-order chi connectivity index (χ0) is 27.7. The number of ketones is 2. The fourth-order valence-electron chi connectivity index (χ4n) is 6.50. The number of hydrogen-bond acceptors (Lipinski definition) is 6. The minimum Gasteiger partial charge on any atom is -0.504 e. The van der Waals surface area contributed by atoms with Gasteiger partial charge in [-0.2, -0.15) is 0 Å². The van der Waals surface area contributed by atoms with E-state index in [1.165, 1.54) is 18.1 Å². The van der Waals surface area contributed by atoms with Crippen molar-refractivity contribution >= 4 is 74.2 Å². The van der Waals surface area contributed by atoms with Gasteiger partial charge >= 0.3 is 0 Å². The van der Waals surface area contributed by atoms with Crippen LogP contribution in [0.25, 0.3) is 0 Å². The first-order chi connectivity index (χ1) is 18.6. The minimum absolute atomic E-state index is 0.00652. The van der Waals surface area contributed by atoms with E-state index in [2.05, 4.69) is 22.6 Å². The highest BCUT2D eigenvalue weighted by Crippen LogP contribution is 2.56. The number of halogens is 2. The molecule has 2 amide bonds. The number of rotatable bonds is 3. The average molecular weight is 747 g/mol. The van der Waals surface area contributed by atoms with Crippen LogP contribution in [0.5, 0.6) is 11.5 Å². The van der Waals surface area contributed by atoms with Crippen LogP contribution in [-0.2, 0) is 19.2 Å². The quantitative estimate of drug-likeness (QED) is 0.200. The molecule has 2 aromatic rings. The van der Waals surface area contributed by atoms with Gasteiger partial charge in [-0.05, 0) is 119 Å². The second-order valence-electron chi connectivity index (χ2n) is 10.3. The molecular weight excluding hydrogens is 724 g/mol. The Morgan fingerprint density at radius 1 is 1.00 bits per heavy atom. The van der Waals surface area contributed by atoms with E-state index < -0.39 is 23.7 Å². The van der Waals surface area contributed by atoms with Crippen molar-refractivity contribution in [2.24, 2.45) is 17.8 Å². The summed E-state index contributed by atoms with van der Waals surface area (Å²) in [5, 5.41) is 10.5. The summed E-state index contributed by atoms with van der Waals surface area (Å²) >= 11 is 4.19. The van der Waals surface area contributed by atoms with Crippen molar-refractivity contribution in [3.05, 3.63) is 83.5 Å². The van der Waals surface area contributed by atoms with E-state index in [4.69, 9.17) is 4.74 Å². The summed E-state index contributed by atoms with van der Waals surface area (Å²) in [6, 6.07) is 10.7. The third-order valence-corrected chi connectivity index (χ3v) is 9.80. The van der Waals surface area contributed by atoms with Gasteiger partial charge in [0.2, 0.25) is 11.8 Å². The van der Waals surface area contributed by atoms with Crippen LogP contribution in [0.3, 0.4) is 0 Å². The maximum absolute atomic E-state index is 13.9. The summed E-state index contributed by atoms with van der Waals surface area (Å²) in [6.45, 7) is 1.64. The lowest BCUT2D eigenvalue weighted by Crippen LogP contribution is -2.39. The summed E-state index contributed by atoms with van der Waals surface area (Å²) in [4.78, 5) is 55.6. The Labute approximate surface area is 252 Å². The number of ether oxygens (including phenoxy) is 1. The summed E-state index contributed by atoms with van der Waals surface area (Å²) in [5.41, 5.74) is 3.27. The number of hydrogen-bond donors (Lipinski definition) is 1. The van der Waals surface area contributed by atoms with Gasteiger partial charge in [-0.25, -0.2) is 0 Å². The molecule has 9 heteroatoms. The fraction of sp³-hybridized carbons (Fsp3) is 0.267. The summed E-state index contributed by atoms with van der Waals surface area (Å²) in [5.74, 6) is -2.88. The molecule has 3 aliphatic carbocycles. The number of phenols is 1. The molecule has 39 heavy (non-hydrogen) atoms. The SMILES string of the molecule is COc1cc(C2C3=CCC4C(=O)N(c5ccc(I)cc5)C(=O)C4C3CC3=C2C(=O)C(C)=CC3=O)cc(I)c1O. The second-order valence-corrected chi connectivity index (χ2v) is 12.7. The van der Waals surface area contributed by atoms with Crippen LogP contribution in [0.4, 0.5) is 5.69 Å². The van der Waals surface area contributed by atoms with Gasteiger partial charge < -0.3 is 9.84 Å². The molecule has 4 atom stereocenters. The lowest BCUT2D eigenvalue weighted by Gasteiger charge is -2.42. The predicted molar refractivity (Wildman–Crippen MR) is 160 cm³/mol. The lowest BCUT2D eigenvalue weighted by molar-refractivity contribution is -0.123. The van der Waals surface area contributed by atoms with E-state index in [1.54, 1.807) is 31.2 Å². The fourth-order valence-corrected chi connectivity index (χ4v) is 7.49. The Morgan fingerprint density at radius 3 is 2.41 bits per heavy atom. The normalized spacial score (nSPS) is 26.2. The van der Waals surface area contributed by atoms with Crippen molar-refractivity contribution in [3.8, 4) is 11.5 Å². The average Bonchev–Trinajstić information content (AvgIpc) is 3.18. The largest absolute Gasteiger partial charge is 0.504 e. The Bertz CT molecular complexity index is 1590. The van der Waals surface area contributed by atoms with Crippen LogP contribution >= 0.6 is 45.2 Å². The Kier molecular flexibility index (Phi) is 6.56. The number of imide groups is 1. The molecule has 1 N–H and O–H groups in total. The molecule has 1 fully saturated rings. The van der Waals surface area contributed by atoms with Crippen LogP contribution in [0, 0.1) is 24.9 Å². The molecule has 0 spiro atoms. The van der Waals surface area contributed by atoms with Crippen LogP contribution in [0.15, 0.2) is 70.8 Å². The van der Waals surface area contributed by atoms with Crippen molar-refractivity contribution in [3.63, 3.8) is 0 Å². The smallest absolute Gasteiger partial charge is 0.238 e. The molecule has 1 aliphatic heterocycles. The van der Waals surface area contributed by atoms with Crippen molar-refractivity contribution in [1.29, 1.82) is 0 Å². The molecule has 0 radical (unpaired) electrons. The van der Waals surface area contributed by atoms with Gasteiger partial charge in [0.05, 0.1) is 28.2 Å². The third kappa shape index (κ3) is 4.02. The van der Waals surface area contributed by atoms with E-state index in [1.807, 2.05) is 40.8 Å². The first kappa shape index (κ1) is 26.4. The molecule has 1 saturated heterocycles. The zero-order valence-corrected chi connectivity index (χ0v) is 25.3. The number of anilines is 1. The number of benzene rings is 2. The Balaban J connectivity index is 1.51. The molecule has 7 nitrogen and oxygen atoms in total. The number of phenolic OH excluding ortho intramolecular Hbond substituents is 1. The highest BCUT2D eigenvalue weighted by atomic mass is 127. The van der Waals surface area contributed by atoms with Gasteiger partial charge in [0, 0.05) is 26.2 Å². The van der Waals surface area contributed by atoms with Crippen molar-refractivity contribution in [2.75, 3.05) is 12.0 Å². The van der Waals surface area contributed by atoms with Crippen molar-refractivity contribution in [1.82, 2.24) is 0 Å². The van der Waals surface area contributed by atoms with Gasteiger partial charge in [-0.3, -0.25) is 24.1 Å². The first-order valence-corrected chi connectivity index (χ1v) is 14.7. The van der Waals surface area contributed by atoms with Crippen LogP contribution in [0.1, 0.15) is 31.2 Å². The van der Waals surface area contributed by atoms with Gasteiger partial charge in [0.15, 0.2) is 23.1 Å². The molecule has 2 aromatic carbocycles. The molecular formula is C30H23I2NO6. The summed E-state index contributed by atoms with van der Waals surface area (Å²) in [6.07, 6.45) is 3.94. The Hall–Kier alpha value is -2.80. The molecule has 1 heterocycles. The van der Waals surface area contributed by atoms with Crippen LogP contribution in [0.2, 0.25) is 0 Å². The lowest BCUT2D eigenvalue weighted by atomic mass is 9.59. The number of carbonyl (C=O) groups is 4. The number of amides is 2. The van der Waals surface area contributed by atoms with Crippen LogP contribution in [-0.4, -0.2) is 35.6 Å². The third-order valence-electron chi connectivity index (χ3n) is 8.25. The summed E-state index contributed by atoms with van der Waals surface area (Å²) in [7, 11) is 1.46. The van der Waals surface area contributed by atoms with Gasteiger partial charge in [-0.1, -0.05) is 11.6 Å². The van der Waals surface area contributed by atoms with E-state index in [-0.39, 0.29) is 41.3 Å². The number of nitrogens with zero attached hydrogens (tertiary/aromatic N) is 1. The maximum atomic E-state index is 13.9. The highest BCUT2D eigenvalue weighted by Gasteiger charge is 2.56.